The van der Waals surface area contributed by atoms with Crippen molar-refractivity contribution in [1.82, 2.24) is 10.2 Å². The highest BCUT2D eigenvalue weighted by Crippen LogP contribution is 2.32. The van der Waals surface area contributed by atoms with E-state index >= 15 is 0 Å². The minimum atomic E-state index is 0.220. The molecule has 2 rings (SSSR count). The zero-order chi connectivity index (χ0) is 15.5. The van der Waals surface area contributed by atoms with Gasteiger partial charge in [-0.1, -0.05) is 56.1 Å². The van der Waals surface area contributed by atoms with Gasteiger partial charge in [-0.15, -0.1) is 0 Å². The Morgan fingerprint density at radius 1 is 1.24 bits per heavy atom. The molecule has 1 fully saturated rings. The Labute approximate surface area is 138 Å². The number of halogens is 2. The Hall–Kier alpha value is -0.280. The lowest BCUT2D eigenvalue weighted by Gasteiger charge is -2.50. The minimum absolute atomic E-state index is 0.220. The van der Waals surface area contributed by atoms with Gasteiger partial charge in [0.1, 0.15) is 0 Å². The van der Waals surface area contributed by atoms with E-state index in [4.69, 9.17) is 23.2 Å². The molecule has 1 N–H and O–H groups in total. The summed E-state index contributed by atoms with van der Waals surface area (Å²) in [6.07, 6.45) is 3.44. The summed E-state index contributed by atoms with van der Waals surface area (Å²) in [6, 6.07) is 6.50. The van der Waals surface area contributed by atoms with Crippen LogP contribution in [0.1, 0.15) is 45.6 Å². The standard InChI is InChI=1S/C17H26Cl2N2/c1-4-14-11-21(17(5-2,6-3)12-20-14)10-13-8-7-9-15(18)16(13)19/h7-9,14,20H,4-6,10-12H2,1-3H3. The van der Waals surface area contributed by atoms with Gasteiger partial charge in [0.05, 0.1) is 10.0 Å². The molecule has 1 unspecified atom stereocenters. The van der Waals surface area contributed by atoms with E-state index in [1.54, 1.807) is 0 Å². The van der Waals surface area contributed by atoms with Crippen LogP contribution in [0.15, 0.2) is 18.2 Å². The van der Waals surface area contributed by atoms with Crippen molar-refractivity contribution in [2.24, 2.45) is 0 Å². The average molecular weight is 329 g/mol. The Morgan fingerprint density at radius 2 is 1.95 bits per heavy atom. The zero-order valence-corrected chi connectivity index (χ0v) is 14.8. The molecule has 0 saturated carbocycles. The summed E-state index contributed by atoms with van der Waals surface area (Å²) in [4.78, 5) is 2.61. The lowest BCUT2D eigenvalue weighted by molar-refractivity contribution is 0.0238. The first-order valence-corrected chi connectivity index (χ1v) is 8.73. The van der Waals surface area contributed by atoms with Crippen LogP contribution in [0.4, 0.5) is 0 Å². The molecular formula is C17H26Cl2N2. The molecule has 1 heterocycles. The third-order valence-electron chi connectivity index (χ3n) is 5.03. The van der Waals surface area contributed by atoms with Crippen molar-refractivity contribution in [3.8, 4) is 0 Å². The number of benzene rings is 1. The van der Waals surface area contributed by atoms with Gasteiger partial charge in [-0.25, -0.2) is 0 Å². The third-order valence-corrected chi connectivity index (χ3v) is 5.89. The van der Waals surface area contributed by atoms with Crippen molar-refractivity contribution in [2.45, 2.75) is 58.2 Å². The van der Waals surface area contributed by atoms with Crippen molar-refractivity contribution in [2.75, 3.05) is 13.1 Å². The number of hydrogen-bond acceptors (Lipinski definition) is 2. The first-order chi connectivity index (χ1) is 10.1. The van der Waals surface area contributed by atoms with Crippen LogP contribution < -0.4 is 5.32 Å². The van der Waals surface area contributed by atoms with Crippen molar-refractivity contribution in [1.29, 1.82) is 0 Å². The van der Waals surface area contributed by atoms with Crippen LogP contribution in [-0.2, 0) is 6.54 Å². The lowest BCUT2D eigenvalue weighted by Crippen LogP contribution is -2.63. The fraction of sp³-hybridized carbons (Fsp3) is 0.647. The summed E-state index contributed by atoms with van der Waals surface area (Å²) in [6.45, 7) is 9.80. The molecule has 1 saturated heterocycles. The molecule has 0 spiro atoms. The van der Waals surface area contributed by atoms with Gasteiger partial charge < -0.3 is 5.32 Å². The molecule has 0 aromatic heterocycles. The molecule has 0 amide bonds. The summed E-state index contributed by atoms with van der Waals surface area (Å²) in [5.74, 6) is 0. The molecule has 0 radical (unpaired) electrons. The second-order valence-electron chi connectivity index (χ2n) is 6.01. The van der Waals surface area contributed by atoms with E-state index in [1.165, 1.54) is 0 Å². The maximum atomic E-state index is 6.39. The van der Waals surface area contributed by atoms with Gasteiger partial charge in [-0.2, -0.15) is 0 Å². The summed E-state index contributed by atoms with van der Waals surface area (Å²) in [7, 11) is 0. The van der Waals surface area contributed by atoms with Gasteiger partial charge in [-0.3, -0.25) is 4.90 Å². The molecule has 2 nitrogen and oxygen atoms in total. The van der Waals surface area contributed by atoms with E-state index in [0.717, 1.165) is 44.5 Å². The molecule has 1 atom stereocenters. The van der Waals surface area contributed by atoms with Crippen molar-refractivity contribution < 1.29 is 0 Å². The predicted molar refractivity (Wildman–Crippen MR) is 92.3 cm³/mol. The highest BCUT2D eigenvalue weighted by molar-refractivity contribution is 6.42. The molecule has 0 bridgehead atoms. The largest absolute Gasteiger partial charge is 0.311 e. The molecule has 1 aromatic rings. The highest BCUT2D eigenvalue weighted by Gasteiger charge is 2.38. The first-order valence-electron chi connectivity index (χ1n) is 7.97. The number of rotatable bonds is 5. The molecule has 0 aliphatic carbocycles. The van der Waals surface area contributed by atoms with Crippen LogP contribution in [0.2, 0.25) is 10.0 Å². The van der Waals surface area contributed by atoms with Crippen LogP contribution in [0.25, 0.3) is 0 Å². The summed E-state index contributed by atoms with van der Waals surface area (Å²) in [5.41, 5.74) is 1.35. The fourth-order valence-corrected chi connectivity index (χ4v) is 3.68. The van der Waals surface area contributed by atoms with E-state index in [1.807, 2.05) is 12.1 Å². The van der Waals surface area contributed by atoms with Crippen LogP contribution in [0, 0.1) is 0 Å². The number of nitrogens with one attached hydrogen (secondary N) is 1. The monoisotopic (exact) mass is 328 g/mol. The Morgan fingerprint density at radius 3 is 2.57 bits per heavy atom. The number of nitrogens with zero attached hydrogens (tertiary/aromatic N) is 1. The summed E-state index contributed by atoms with van der Waals surface area (Å²) < 4.78 is 0. The normalized spacial score (nSPS) is 22.4. The molecule has 1 aliphatic heterocycles. The van der Waals surface area contributed by atoms with Crippen LogP contribution in [0.5, 0.6) is 0 Å². The second kappa shape index (κ2) is 7.32. The second-order valence-corrected chi connectivity index (χ2v) is 6.80. The van der Waals surface area contributed by atoms with Crippen molar-refractivity contribution in [3.05, 3.63) is 33.8 Å². The van der Waals surface area contributed by atoms with Gasteiger partial charge >= 0.3 is 0 Å². The van der Waals surface area contributed by atoms with Crippen LogP contribution in [0.3, 0.4) is 0 Å². The van der Waals surface area contributed by atoms with Crippen LogP contribution in [-0.4, -0.2) is 29.6 Å². The maximum absolute atomic E-state index is 6.39. The van der Waals surface area contributed by atoms with Gasteiger partial charge in [0.15, 0.2) is 0 Å². The van der Waals surface area contributed by atoms with Crippen molar-refractivity contribution in [3.63, 3.8) is 0 Å². The van der Waals surface area contributed by atoms with Gasteiger partial charge in [-0.05, 0) is 30.9 Å². The SMILES string of the molecule is CCC1CN(Cc2cccc(Cl)c2Cl)C(CC)(CC)CN1. The number of hydrogen-bond donors (Lipinski definition) is 1. The molecule has 21 heavy (non-hydrogen) atoms. The van der Waals surface area contributed by atoms with E-state index < -0.39 is 0 Å². The fourth-order valence-electron chi connectivity index (χ4n) is 3.30. The van der Waals surface area contributed by atoms with E-state index in [9.17, 15) is 0 Å². The minimum Gasteiger partial charge on any atom is -0.311 e. The smallest absolute Gasteiger partial charge is 0.0637 e. The topological polar surface area (TPSA) is 15.3 Å². The molecule has 1 aromatic carbocycles. The summed E-state index contributed by atoms with van der Waals surface area (Å²) in [5, 5.41) is 5.05. The predicted octanol–water partition coefficient (Wildman–Crippen LogP) is 4.74. The first kappa shape index (κ1) is 17.1. The van der Waals surface area contributed by atoms with Gasteiger partial charge in [0.25, 0.3) is 0 Å². The quantitative estimate of drug-likeness (QED) is 0.840. The highest BCUT2D eigenvalue weighted by atomic mass is 35.5. The summed E-state index contributed by atoms with van der Waals surface area (Å²) >= 11 is 12.6. The van der Waals surface area contributed by atoms with E-state index in [2.05, 4.69) is 37.1 Å². The maximum Gasteiger partial charge on any atom is 0.0637 e. The molecule has 1 aliphatic rings. The van der Waals surface area contributed by atoms with Crippen LogP contribution >= 0.6 is 23.2 Å². The Balaban J connectivity index is 2.25. The van der Waals surface area contributed by atoms with E-state index in [0.29, 0.717) is 16.1 Å². The number of piperazine rings is 1. The van der Waals surface area contributed by atoms with Gasteiger partial charge in [0.2, 0.25) is 0 Å². The Bertz CT molecular complexity index is 472. The molecule has 118 valence electrons. The Kier molecular flexibility index (Phi) is 5.96. The molecular weight excluding hydrogens is 303 g/mol. The lowest BCUT2D eigenvalue weighted by atomic mass is 9.86. The van der Waals surface area contributed by atoms with Crippen molar-refractivity contribution >= 4 is 23.2 Å². The van der Waals surface area contributed by atoms with Gasteiger partial charge in [0, 0.05) is 31.2 Å². The average Bonchev–Trinajstić information content (AvgIpc) is 2.52. The van der Waals surface area contributed by atoms with E-state index in [-0.39, 0.29) is 5.54 Å². The molecule has 4 heteroatoms. The third kappa shape index (κ3) is 3.56. The zero-order valence-electron chi connectivity index (χ0n) is 13.3.